The van der Waals surface area contributed by atoms with E-state index >= 15 is 0 Å². The Labute approximate surface area is 94.9 Å². The summed E-state index contributed by atoms with van der Waals surface area (Å²) in [6, 6.07) is 5.13. The van der Waals surface area contributed by atoms with Gasteiger partial charge in [0.05, 0.1) is 0 Å². The molecule has 1 heterocycles. The highest BCUT2D eigenvalue weighted by Crippen LogP contribution is 2.19. The van der Waals surface area contributed by atoms with Gasteiger partial charge in [-0.25, -0.2) is 4.39 Å². The lowest BCUT2D eigenvalue weighted by Gasteiger charge is -2.16. The van der Waals surface area contributed by atoms with Gasteiger partial charge in [-0.1, -0.05) is 6.07 Å². The van der Waals surface area contributed by atoms with Crippen LogP contribution in [0.3, 0.4) is 0 Å². The molecule has 88 valence electrons. The number of nitrogens with zero attached hydrogens (tertiary/aromatic N) is 1. The number of rotatable bonds is 3. The Morgan fingerprint density at radius 3 is 3.00 bits per heavy atom. The predicted octanol–water partition coefficient (Wildman–Crippen LogP) is 1.32. The molecule has 1 aliphatic heterocycles. The number of halogens is 1. The molecule has 1 aliphatic rings. The molecule has 0 aromatic heterocycles. The number of nitrogens with one attached hydrogen (secondary N) is 1. The summed E-state index contributed by atoms with van der Waals surface area (Å²) in [6.07, 6.45) is 1.14. The van der Waals surface area contributed by atoms with Gasteiger partial charge in [0.25, 0.3) is 0 Å². The Bertz CT molecular complexity index is 370. The largest absolute Gasteiger partial charge is 0.505 e. The van der Waals surface area contributed by atoms with E-state index in [9.17, 15) is 4.39 Å². The number of aromatic hydroxyl groups is 1. The molecular formula is C12H17FN2O. The van der Waals surface area contributed by atoms with Gasteiger partial charge in [-0.15, -0.1) is 0 Å². The number of phenols is 1. The van der Waals surface area contributed by atoms with Crippen LogP contribution in [0.1, 0.15) is 12.0 Å². The van der Waals surface area contributed by atoms with Crippen molar-refractivity contribution in [3.63, 3.8) is 0 Å². The fourth-order valence-corrected chi connectivity index (χ4v) is 2.12. The van der Waals surface area contributed by atoms with E-state index in [0.29, 0.717) is 6.04 Å². The van der Waals surface area contributed by atoms with Gasteiger partial charge in [-0.3, -0.25) is 4.90 Å². The highest BCUT2D eigenvalue weighted by molar-refractivity contribution is 5.28. The zero-order valence-electron chi connectivity index (χ0n) is 9.41. The summed E-state index contributed by atoms with van der Waals surface area (Å²) in [7, 11) is 1.97. The van der Waals surface area contributed by atoms with E-state index in [2.05, 4.69) is 10.2 Å². The Kier molecular flexibility index (Phi) is 3.41. The maximum atomic E-state index is 13.1. The summed E-state index contributed by atoms with van der Waals surface area (Å²) in [6.45, 7) is 2.78. The van der Waals surface area contributed by atoms with Crippen molar-refractivity contribution in [3.8, 4) is 5.75 Å². The van der Waals surface area contributed by atoms with E-state index < -0.39 is 5.82 Å². The molecule has 3 nitrogen and oxygen atoms in total. The van der Waals surface area contributed by atoms with Crippen LogP contribution in [0.15, 0.2) is 18.2 Å². The minimum atomic E-state index is -0.540. The first kappa shape index (κ1) is 11.4. The molecule has 2 N–H and O–H groups in total. The zero-order valence-corrected chi connectivity index (χ0v) is 9.41. The summed E-state index contributed by atoms with van der Waals surface area (Å²) in [5.74, 6) is -0.819. The van der Waals surface area contributed by atoms with E-state index in [1.54, 1.807) is 6.07 Å². The lowest BCUT2D eigenvalue weighted by molar-refractivity contribution is 0.321. The van der Waals surface area contributed by atoms with Crippen molar-refractivity contribution in [2.24, 2.45) is 0 Å². The molecule has 0 bridgehead atoms. The Morgan fingerprint density at radius 2 is 2.38 bits per heavy atom. The van der Waals surface area contributed by atoms with Gasteiger partial charge in [-0.05, 0) is 31.2 Å². The molecule has 1 aromatic carbocycles. The van der Waals surface area contributed by atoms with Crippen LogP contribution in [-0.4, -0.2) is 36.2 Å². The number of benzene rings is 1. The van der Waals surface area contributed by atoms with Crippen molar-refractivity contribution in [3.05, 3.63) is 29.6 Å². The standard InChI is InChI=1S/C12H17FN2O/c1-14-10-4-5-15(8-10)7-9-2-3-12(16)11(13)6-9/h2-3,6,10,14,16H,4-5,7-8H2,1H3. The number of hydrogen-bond acceptors (Lipinski definition) is 3. The Morgan fingerprint density at radius 1 is 1.56 bits per heavy atom. The average molecular weight is 224 g/mol. The summed E-state index contributed by atoms with van der Waals surface area (Å²) in [5.41, 5.74) is 0.909. The highest BCUT2D eigenvalue weighted by atomic mass is 19.1. The Hall–Kier alpha value is -1.13. The SMILES string of the molecule is CNC1CCN(Cc2ccc(O)c(F)c2)C1. The molecule has 1 unspecified atom stereocenters. The average Bonchev–Trinajstić information content (AvgIpc) is 2.71. The molecule has 0 amide bonds. The molecule has 4 heteroatoms. The fourth-order valence-electron chi connectivity index (χ4n) is 2.12. The van der Waals surface area contributed by atoms with Gasteiger partial charge >= 0.3 is 0 Å². The van der Waals surface area contributed by atoms with Crippen molar-refractivity contribution in [2.45, 2.75) is 19.0 Å². The van der Waals surface area contributed by atoms with Gasteiger partial charge < -0.3 is 10.4 Å². The molecule has 1 atom stereocenters. The summed E-state index contributed by atoms with van der Waals surface area (Å²) < 4.78 is 13.1. The van der Waals surface area contributed by atoms with Crippen molar-refractivity contribution in [1.82, 2.24) is 10.2 Å². The topological polar surface area (TPSA) is 35.5 Å². The molecule has 1 fully saturated rings. The maximum Gasteiger partial charge on any atom is 0.165 e. The van der Waals surface area contributed by atoms with Crippen molar-refractivity contribution in [2.75, 3.05) is 20.1 Å². The zero-order chi connectivity index (χ0) is 11.5. The van der Waals surface area contributed by atoms with Crippen molar-refractivity contribution in [1.29, 1.82) is 0 Å². The second-order valence-corrected chi connectivity index (χ2v) is 4.30. The van der Waals surface area contributed by atoms with Crippen LogP contribution in [-0.2, 0) is 6.54 Å². The number of phenolic OH excluding ortho intramolecular Hbond substituents is 1. The third-order valence-electron chi connectivity index (χ3n) is 3.10. The van der Waals surface area contributed by atoms with Crippen molar-refractivity contribution < 1.29 is 9.50 Å². The van der Waals surface area contributed by atoms with Gasteiger partial charge in [0.1, 0.15) is 0 Å². The third kappa shape index (κ3) is 2.51. The van der Waals surface area contributed by atoms with Crippen LogP contribution >= 0.6 is 0 Å². The first-order valence-corrected chi connectivity index (χ1v) is 5.56. The number of likely N-dealkylation sites (tertiary alicyclic amines) is 1. The van der Waals surface area contributed by atoms with E-state index in [-0.39, 0.29) is 5.75 Å². The predicted molar refractivity (Wildman–Crippen MR) is 60.8 cm³/mol. The summed E-state index contributed by atoms with van der Waals surface area (Å²) >= 11 is 0. The number of hydrogen-bond donors (Lipinski definition) is 2. The van der Waals surface area contributed by atoms with Crippen LogP contribution in [0, 0.1) is 5.82 Å². The van der Waals surface area contributed by atoms with Gasteiger partial charge in [0, 0.05) is 25.7 Å². The highest BCUT2D eigenvalue weighted by Gasteiger charge is 2.20. The van der Waals surface area contributed by atoms with Crippen LogP contribution in [0.2, 0.25) is 0 Å². The first-order chi connectivity index (χ1) is 7.69. The molecule has 0 saturated carbocycles. The summed E-state index contributed by atoms with van der Waals surface area (Å²) in [4.78, 5) is 2.28. The normalized spacial score (nSPS) is 21.5. The smallest absolute Gasteiger partial charge is 0.165 e. The van der Waals surface area contributed by atoms with E-state index in [4.69, 9.17) is 5.11 Å². The van der Waals surface area contributed by atoms with E-state index in [1.807, 2.05) is 7.05 Å². The third-order valence-corrected chi connectivity index (χ3v) is 3.10. The van der Waals surface area contributed by atoms with E-state index in [1.165, 1.54) is 12.1 Å². The van der Waals surface area contributed by atoms with E-state index in [0.717, 1.165) is 31.6 Å². The Balaban J connectivity index is 1.97. The maximum absolute atomic E-state index is 13.1. The summed E-state index contributed by atoms with van der Waals surface area (Å²) in [5, 5.41) is 12.3. The van der Waals surface area contributed by atoms with Crippen LogP contribution in [0.4, 0.5) is 4.39 Å². The lowest BCUT2D eigenvalue weighted by Crippen LogP contribution is -2.29. The van der Waals surface area contributed by atoms with Crippen LogP contribution in [0.5, 0.6) is 5.75 Å². The monoisotopic (exact) mass is 224 g/mol. The lowest BCUT2D eigenvalue weighted by atomic mass is 10.2. The molecule has 1 aromatic rings. The second kappa shape index (κ2) is 4.80. The van der Waals surface area contributed by atoms with Gasteiger partial charge in [-0.2, -0.15) is 0 Å². The minimum Gasteiger partial charge on any atom is -0.505 e. The van der Waals surface area contributed by atoms with Crippen molar-refractivity contribution >= 4 is 0 Å². The van der Waals surface area contributed by atoms with Gasteiger partial charge in [0.2, 0.25) is 0 Å². The fraction of sp³-hybridized carbons (Fsp3) is 0.500. The molecule has 16 heavy (non-hydrogen) atoms. The molecule has 0 aliphatic carbocycles. The van der Waals surface area contributed by atoms with Crippen LogP contribution < -0.4 is 5.32 Å². The van der Waals surface area contributed by atoms with Crippen LogP contribution in [0.25, 0.3) is 0 Å². The second-order valence-electron chi connectivity index (χ2n) is 4.30. The molecule has 0 radical (unpaired) electrons. The first-order valence-electron chi connectivity index (χ1n) is 5.56. The molecule has 2 rings (SSSR count). The molecule has 0 spiro atoms. The molecule has 1 saturated heterocycles. The molecular weight excluding hydrogens is 207 g/mol. The quantitative estimate of drug-likeness (QED) is 0.813. The number of likely N-dealkylation sites (N-methyl/N-ethyl adjacent to an activating group) is 1. The minimum absolute atomic E-state index is 0.279. The van der Waals surface area contributed by atoms with Gasteiger partial charge in [0.15, 0.2) is 11.6 Å².